The van der Waals surface area contributed by atoms with E-state index >= 15 is 0 Å². The largest absolute Gasteiger partial charge is 0.495 e. The van der Waals surface area contributed by atoms with E-state index in [2.05, 4.69) is 10.3 Å². The van der Waals surface area contributed by atoms with E-state index in [0.717, 1.165) is 37.4 Å². The van der Waals surface area contributed by atoms with Gasteiger partial charge in [-0.05, 0) is 19.4 Å². The molecule has 3 N–H and O–H groups in total. The Morgan fingerprint density at radius 1 is 1.43 bits per heavy atom. The predicted octanol–water partition coefficient (Wildman–Crippen LogP) is 1.24. The van der Waals surface area contributed by atoms with Gasteiger partial charge in [0.15, 0.2) is 0 Å². The molecule has 0 aliphatic heterocycles. The molecule has 4 heteroatoms. The number of rotatable bonds is 6. The Labute approximate surface area is 84.5 Å². The summed E-state index contributed by atoms with van der Waals surface area (Å²) in [5.74, 6) is 0.772. The fraction of sp³-hybridized carbons (Fsp3) is 0.500. The molecule has 0 aliphatic rings. The van der Waals surface area contributed by atoms with Crippen LogP contribution >= 0.6 is 0 Å². The maximum atomic E-state index is 5.39. The van der Waals surface area contributed by atoms with Gasteiger partial charge in [-0.15, -0.1) is 0 Å². The summed E-state index contributed by atoms with van der Waals surface area (Å²) < 4.78 is 5.06. The van der Waals surface area contributed by atoms with Gasteiger partial charge in [0.2, 0.25) is 0 Å². The van der Waals surface area contributed by atoms with E-state index in [9.17, 15) is 0 Å². The molecule has 1 aromatic heterocycles. The molecular weight excluding hydrogens is 178 g/mol. The zero-order valence-electron chi connectivity index (χ0n) is 8.49. The van der Waals surface area contributed by atoms with E-state index in [1.54, 1.807) is 19.5 Å². The molecule has 4 nitrogen and oxygen atoms in total. The number of hydrogen-bond acceptors (Lipinski definition) is 4. The maximum absolute atomic E-state index is 5.39. The molecule has 0 spiro atoms. The highest BCUT2D eigenvalue weighted by atomic mass is 16.5. The highest BCUT2D eigenvalue weighted by Crippen LogP contribution is 2.14. The van der Waals surface area contributed by atoms with Gasteiger partial charge >= 0.3 is 0 Å². The van der Waals surface area contributed by atoms with Crippen LogP contribution in [-0.2, 0) is 0 Å². The molecule has 1 rings (SSSR count). The van der Waals surface area contributed by atoms with Crippen molar-refractivity contribution in [3.8, 4) is 5.75 Å². The molecule has 0 saturated heterocycles. The van der Waals surface area contributed by atoms with Crippen LogP contribution in [0.25, 0.3) is 0 Å². The van der Waals surface area contributed by atoms with Crippen LogP contribution in [0.4, 0.5) is 5.69 Å². The first kappa shape index (κ1) is 10.8. The number of nitrogens with one attached hydrogen (secondary N) is 1. The van der Waals surface area contributed by atoms with E-state index in [0.29, 0.717) is 0 Å². The molecule has 0 amide bonds. The van der Waals surface area contributed by atoms with Crippen LogP contribution in [-0.4, -0.2) is 25.2 Å². The Morgan fingerprint density at radius 2 is 2.29 bits per heavy atom. The van der Waals surface area contributed by atoms with Gasteiger partial charge in [0.1, 0.15) is 5.75 Å². The molecule has 0 fully saturated rings. The van der Waals surface area contributed by atoms with Crippen molar-refractivity contribution < 1.29 is 4.74 Å². The van der Waals surface area contributed by atoms with Crippen LogP contribution in [0.2, 0.25) is 0 Å². The molecule has 0 radical (unpaired) electrons. The second kappa shape index (κ2) is 6.21. The van der Waals surface area contributed by atoms with Gasteiger partial charge in [0.05, 0.1) is 25.2 Å². The molecule has 0 unspecified atom stereocenters. The van der Waals surface area contributed by atoms with E-state index in [-0.39, 0.29) is 0 Å². The van der Waals surface area contributed by atoms with Crippen molar-refractivity contribution in [2.24, 2.45) is 5.73 Å². The number of aromatic nitrogens is 1. The lowest BCUT2D eigenvalue weighted by Gasteiger charge is -2.06. The minimum Gasteiger partial charge on any atom is -0.495 e. The third-order valence-corrected chi connectivity index (χ3v) is 1.91. The number of pyridine rings is 1. The number of anilines is 1. The summed E-state index contributed by atoms with van der Waals surface area (Å²) in [4.78, 5) is 4.04. The minimum atomic E-state index is 0.748. The zero-order chi connectivity index (χ0) is 10.2. The summed E-state index contributed by atoms with van der Waals surface area (Å²) in [6.07, 6.45) is 5.59. The highest BCUT2D eigenvalue weighted by Gasteiger charge is 1.94. The third-order valence-electron chi connectivity index (χ3n) is 1.91. The van der Waals surface area contributed by atoms with Crippen molar-refractivity contribution in [3.63, 3.8) is 0 Å². The van der Waals surface area contributed by atoms with Crippen LogP contribution in [0.1, 0.15) is 12.8 Å². The van der Waals surface area contributed by atoms with Crippen molar-refractivity contribution >= 4 is 5.69 Å². The Morgan fingerprint density at radius 3 is 3.00 bits per heavy atom. The molecule has 78 valence electrons. The quantitative estimate of drug-likeness (QED) is 0.670. The Hall–Kier alpha value is -1.29. The van der Waals surface area contributed by atoms with Crippen LogP contribution in [0.15, 0.2) is 18.5 Å². The van der Waals surface area contributed by atoms with Gasteiger partial charge in [0, 0.05) is 12.6 Å². The lowest BCUT2D eigenvalue weighted by atomic mass is 10.3. The molecule has 0 bridgehead atoms. The average molecular weight is 195 g/mol. The fourth-order valence-electron chi connectivity index (χ4n) is 1.13. The van der Waals surface area contributed by atoms with Crippen LogP contribution in [0.5, 0.6) is 5.75 Å². The summed E-state index contributed by atoms with van der Waals surface area (Å²) in [5.41, 5.74) is 6.38. The van der Waals surface area contributed by atoms with Crippen LogP contribution < -0.4 is 15.8 Å². The molecule has 0 saturated carbocycles. The van der Waals surface area contributed by atoms with E-state index in [4.69, 9.17) is 10.5 Å². The number of nitrogens with two attached hydrogens (primary N) is 1. The SMILES string of the molecule is COc1cncc(NCCCCN)c1. The van der Waals surface area contributed by atoms with Crippen molar-refractivity contribution in [3.05, 3.63) is 18.5 Å². The van der Waals surface area contributed by atoms with Crippen LogP contribution in [0.3, 0.4) is 0 Å². The zero-order valence-corrected chi connectivity index (χ0v) is 8.49. The first-order valence-electron chi connectivity index (χ1n) is 4.80. The number of hydrogen-bond donors (Lipinski definition) is 2. The van der Waals surface area contributed by atoms with Crippen molar-refractivity contribution in [2.45, 2.75) is 12.8 Å². The monoisotopic (exact) mass is 195 g/mol. The average Bonchev–Trinajstić information content (AvgIpc) is 2.25. The molecule has 14 heavy (non-hydrogen) atoms. The van der Waals surface area contributed by atoms with Crippen molar-refractivity contribution in [2.75, 3.05) is 25.5 Å². The summed E-state index contributed by atoms with van der Waals surface area (Å²) >= 11 is 0. The Balaban J connectivity index is 2.34. The Kier molecular flexibility index (Phi) is 4.78. The number of ether oxygens (including phenoxy) is 1. The molecule has 0 aliphatic carbocycles. The van der Waals surface area contributed by atoms with E-state index in [1.165, 1.54) is 0 Å². The van der Waals surface area contributed by atoms with Crippen molar-refractivity contribution in [1.82, 2.24) is 4.98 Å². The van der Waals surface area contributed by atoms with Gasteiger partial charge in [-0.3, -0.25) is 4.98 Å². The van der Waals surface area contributed by atoms with Gasteiger partial charge in [-0.2, -0.15) is 0 Å². The lowest BCUT2D eigenvalue weighted by Crippen LogP contribution is -2.05. The number of nitrogens with zero attached hydrogens (tertiary/aromatic N) is 1. The standard InChI is InChI=1S/C10H17N3O/c1-14-10-6-9(7-12-8-10)13-5-3-2-4-11/h6-8,13H,2-5,11H2,1H3. The number of unbranched alkanes of at least 4 members (excludes halogenated alkanes) is 1. The van der Waals surface area contributed by atoms with Gasteiger partial charge < -0.3 is 15.8 Å². The molecular formula is C10H17N3O. The first-order chi connectivity index (χ1) is 6.86. The minimum absolute atomic E-state index is 0.748. The van der Waals surface area contributed by atoms with Gasteiger partial charge in [0.25, 0.3) is 0 Å². The second-order valence-corrected chi connectivity index (χ2v) is 3.04. The third kappa shape index (κ3) is 3.62. The maximum Gasteiger partial charge on any atom is 0.139 e. The summed E-state index contributed by atoms with van der Waals surface area (Å²) in [7, 11) is 1.63. The summed E-state index contributed by atoms with van der Waals surface area (Å²) in [6, 6.07) is 1.93. The highest BCUT2D eigenvalue weighted by molar-refractivity contribution is 5.44. The van der Waals surface area contributed by atoms with E-state index in [1.807, 2.05) is 6.07 Å². The Bertz CT molecular complexity index is 265. The summed E-state index contributed by atoms with van der Waals surface area (Å²) in [5, 5.41) is 3.26. The van der Waals surface area contributed by atoms with Crippen molar-refractivity contribution in [1.29, 1.82) is 0 Å². The summed E-state index contributed by atoms with van der Waals surface area (Å²) in [6.45, 7) is 1.67. The predicted molar refractivity (Wildman–Crippen MR) is 57.6 cm³/mol. The van der Waals surface area contributed by atoms with E-state index < -0.39 is 0 Å². The van der Waals surface area contributed by atoms with Gasteiger partial charge in [-0.1, -0.05) is 0 Å². The number of methoxy groups -OCH3 is 1. The fourth-order valence-corrected chi connectivity index (χ4v) is 1.13. The molecule has 1 aromatic rings. The lowest BCUT2D eigenvalue weighted by molar-refractivity contribution is 0.413. The van der Waals surface area contributed by atoms with Crippen LogP contribution in [0, 0.1) is 0 Å². The molecule has 1 heterocycles. The smallest absolute Gasteiger partial charge is 0.139 e. The topological polar surface area (TPSA) is 60.2 Å². The normalized spacial score (nSPS) is 9.86. The second-order valence-electron chi connectivity index (χ2n) is 3.04. The molecule has 0 atom stereocenters. The molecule has 0 aromatic carbocycles. The first-order valence-corrected chi connectivity index (χ1v) is 4.80. The van der Waals surface area contributed by atoms with Gasteiger partial charge in [-0.25, -0.2) is 0 Å².